The molecule has 42 heavy (non-hydrogen) atoms. The molecule has 2 unspecified atom stereocenters. The Morgan fingerprint density at radius 3 is 1.36 bits per heavy atom. The molecule has 0 aliphatic heterocycles. The Labute approximate surface area is 240 Å². The van der Waals surface area contributed by atoms with Crippen molar-refractivity contribution in [3.63, 3.8) is 0 Å². The molecule has 208 valence electrons. The second kappa shape index (κ2) is 11.7. The van der Waals surface area contributed by atoms with Crippen molar-refractivity contribution in [1.82, 2.24) is 0 Å². The van der Waals surface area contributed by atoms with E-state index >= 15 is 0 Å². The SMILES string of the molecule is O=c1cc(CC(c2ccccc2)C([C@H](Cc2cc(=O)c3ccccc3o2)c2ccccc2)[N+](=O)[O-])oc2ccccc12. The monoisotopic (exact) mass is 557 g/mol. The summed E-state index contributed by atoms with van der Waals surface area (Å²) in [5, 5.41) is 14.0. The summed E-state index contributed by atoms with van der Waals surface area (Å²) in [6.45, 7) is 0. The average Bonchev–Trinajstić information content (AvgIpc) is 3.01. The fourth-order valence-corrected chi connectivity index (χ4v) is 5.79. The zero-order chi connectivity index (χ0) is 29.1. The summed E-state index contributed by atoms with van der Waals surface area (Å²) in [5.74, 6) is -0.599. The van der Waals surface area contributed by atoms with Crippen LogP contribution in [0.4, 0.5) is 0 Å². The van der Waals surface area contributed by atoms with E-state index in [4.69, 9.17) is 8.83 Å². The molecule has 4 aromatic carbocycles. The van der Waals surface area contributed by atoms with Gasteiger partial charge in [-0.3, -0.25) is 19.7 Å². The summed E-state index contributed by atoms with van der Waals surface area (Å²) in [5.41, 5.74) is 1.96. The van der Waals surface area contributed by atoms with E-state index < -0.39 is 17.9 Å². The van der Waals surface area contributed by atoms with Crippen LogP contribution in [0.3, 0.4) is 0 Å². The maximum Gasteiger partial charge on any atom is 0.227 e. The van der Waals surface area contributed by atoms with Crippen LogP contribution in [0.25, 0.3) is 21.9 Å². The van der Waals surface area contributed by atoms with Crippen LogP contribution in [0.15, 0.2) is 140 Å². The molecule has 2 heterocycles. The molecule has 0 saturated heterocycles. The van der Waals surface area contributed by atoms with E-state index in [-0.39, 0.29) is 28.6 Å². The number of para-hydroxylation sites is 2. The zero-order valence-corrected chi connectivity index (χ0v) is 22.6. The van der Waals surface area contributed by atoms with Gasteiger partial charge >= 0.3 is 0 Å². The van der Waals surface area contributed by atoms with Gasteiger partial charge in [0.25, 0.3) is 0 Å². The van der Waals surface area contributed by atoms with Gasteiger partial charge in [-0.05, 0) is 35.4 Å². The molecule has 0 bridgehead atoms. The summed E-state index contributed by atoms with van der Waals surface area (Å²) >= 11 is 0. The van der Waals surface area contributed by atoms with Crippen LogP contribution >= 0.6 is 0 Å². The number of nitro groups is 1. The molecule has 6 aromatic rings. The number of hydrogen-bond acceptors (Lipinski definition) is 6. The highest BCUT2D eigenvalue weighted by atomic mass is 16.6. The van der Waals surface area contributed by atoms with Crippen molar-refractivity contribution in [2.75, 3.05) is 0 Å². The second-order valence-corrected chi connectivity index (χ2v) is 10.4. The number of hydrogen-bond donors (Lipinski definition) is 0. The Kier molecular flexibility index (Phi) is 7.47. The lowest BCUT2D eigenvalue weighted by molar-refractivity contribution is -0.531. The van der Waals surface area contributed by atoms with Gasteiger partial charge in [0.15, 0.2) is 10.9 Å². The molecular weight excluding hydrogens is 530 g/mol. The standard InChI is InChI=1S/C35H27NO6/c37-31-21-25(41-33-17-9-7-15-27(31)33)19-29(23-11-3-1-4-12-23)35(36(39)40)30(24-13-5-2-6-14-24)20-26-22-32(38)28-16-8-10-18-34(28)42-26/h1-18,21-22,29-30,35H,19-20H2/t29-,30?,35?/m1/s1. The van der Waals surface area contributed by atoms with Crippen molar-refractivity contribution in [1.29, 1.82) is 0 Å². The minimum absolute atomic E-state index is 0.126. The minimum Gasteiger partial charge on any atom is -0.461 e. The Morgan fingerprint density at radius 2 is 0.952 bits per heavy atom. The fourth-order valence-electron chi connectivity index (χ4n) is 5.79. The molecule has 6 rings (SSSR count). The van der Waals surface area contributed by atoms with E-state index in [1.54, 1.807) is 48.5 Å². The third-order valence-corrected chi connectivity index (χ3v) is 7.74. The van der Waals surface area contributed by atoms with Gasteiger partial charge in [0.2, 0.25) is 6.04 Å². The minimum atomic E-state index is -1.15. The number of fused-ring (bicyclic) bond motifs is 2. The Morgan fingerprint density at radius 1 is 0.571 bits per heavy atom. The van der Waals surface area contributed by atoms with Crippen LogP contribution < -0.4 is 10.9 Å². The van der Waals surface area contributed by atoms with E-state index in [0.29, 0.717) is 33.5 Å². The van der Waals surface area contributed by atoms with Crippen molar-refractivity contribution in [3.05, 3.63) is 175 Å². The molecule has 2 aromatic heterocycles. The van der Waals surface area contributed by atoms with Gasteiger partial charge < -0.3 is 8.83 Å². The third-order valence-electron chi connectivity index (χ3n) is 7.74. The van der Waals surface area contributed by atoms with Crippen LogP contribution in [-0.4, -0.2) is 11.0 Å². The van der Waals surface area contributed by atoms with Crippen LogP contribution in [0, 0.1) is 10.1 Å². The predicted molar refractivity (Wildman–Crippen MR) is 162 cm³/mol. The molecule has 0 radical (unpaired) electrons. The Bertz CT molecular complexity index is 1840. The van der Waals surface area contributed by atoms with Crippen molar-refractivity contribution >= 4 is 21.9 Å². The first-order valence-electron chi connectivity index (χ1n) is 13.7. The largest absolute Gasteiger partial charge is 0.461 e. The molecular formula is C35H27NO6. The lowest BCUT2D eigenvalue weighted by Crippen LogP contribution is -2.36. The van der Waals surface area contributed by atoms with Gasteiger partial charge in [0.1, 0.15) is 22.7 Å². The van der Waals surface area contributed by atoms with Crippen molar-refractivity contribution in [3.8, 4) is 0 Å². The van der Waals surface area contributed by atoms with Crippen molar-refractivity contribution < 1.29 is 13.8 Å². The molecule has 0 spiro atoms. The lowest BCUT2D eigenvalue weighted by Gasteiger charge is -2.28. The summed E-state index contributed by atoms with van der Waals surface area (Å²) in [4.78, 5) is 38.7. The van der Waals surface area contributed by atoms with Crippen molar-refractivity contribution in [2.45, 2.75) is 30.7 Å². The van der Waals surface area contributed by atoms with Gasteiger partial charge in [-0.25, -0.2) is 0 Å². The Balaban J connectivity index is 1.48. The highest BCUT2D eigenvalue weighted by Crippen LogP contribution is 2.37. The fraction of sp³-hybridized carbons (Fsp3) is 0.143. The topological polar surface area (TPSA) is 104 Å². The Hall–Kier alpha value is -5.30. The van der Waals surface area contributed by atoms with E-state index in [9.17, 15) is 19.7 Å². The normalized spacial score (nSPS) is 13.5. The van der Waals surface area contributed by atoms with E-state index in [1.165, 1.54) is 12.1 Å². The molecule has 0 amide bonds. The summed E-state index contributed by atoms with van der Waals surface area (Å²) in [7, 11) is 0. The van der Waals surface area contributed by atoms with Crippen molar-refractivity contribution in [2.24, 2.45) is 0 Å². The zero-order valence-electron chi connectivity index (χ0n) is 22.6. The predicted octanol–water partition coefficient (Wildman–Crippen LogP) is 6.90. The summed E-state index contributed by atoms with van der Waals surface area (Å²) in [6, 6.07) is 34.2. The van der Waals surface area contributed by atoms with Gasteiger partial charge in [-0.1, -0.05) is 84.9 Å². The first-order chi connectivity index (χ1) is 20.5. The molecule has 0 aliphatic carbocycles. The molecule has 0 saturated carbocycles. The molecule has 7 nitrogen and oxygen atoms in total. The van der Waals surface area contributed by atoms with Crippen LogP contribution in [0.5, 0.6) is 0 Å². The summed E-state index contributed by atoms with van der Waals surface area (Å²) in [6.07, 6.45) is 0.251. The van der Waals surface area contributed by atoms with E-state index in [2.05, 4.69) is 0 Å². The van der Waals surface area contributed by atoms with E-state index in [1.807, 2.05) is 60.7 Å². The first kappa shape index (κ1) is 26.9. The average molecular weight is 558 g/mol. The smallest absolute Gasteiger partial charge is 0.227 e. The van der Waals surface area contributed by atoms with Gasteiger partial charge in [0.05, 0.1) is 22.6 Å². The first-order valence-corrected chi connectivity index (χ1v) is 13.7. The number of nitrogens with zero attached hydrogens (tertiary/aromatic N) is 1. The molecule has 0 N–H and O–H groups in total. The molecule has 3 atom stereocenters. The molecule has 0 aliphatic rings. The van der Waals surface area contributed by atoms with Gasteiger partial charge in [-0.2, -0.15) is 0 Å². The maximum absolute atomic E-state index is 13.1. The van der Waals surface area contributed by atoms with Gasteiger partial charge in [-0.15, -0.1) is 0 Å². The third kappa shape index (κ3) is 5.49. The number of benzene rings is 4. The van der Waals surface area contributed by atoms with Gasteiger partial charge in [0, 0.05) is 29.9 Å². The highest BCUT2D eigenvalue weighted by Gasteiger charge is 2.42. The highest BCUT2D eigenvalue weighted by molar-refractivity contribution is 5.76. The second-order valence-electron chi connectivity index (χ2n) is 10.4. The summed E-state index contributed by atoms with van der Waals surface area (Å²) < 4.78 is 12.2. The van der Waals surface area contributed by atoms with E-state index in [0.717, 1.165) is 11.1 Å². The quantitative estimate of drug-likeness (QED) is 0.142. The lowest BCUT2D eigenvalue weighted by atomic mass is 9.76. The van der Waals surface area contributed by atoms with Crippen LogP contribution in [0.2, 0.25) is 0 Å². The van der Waals surface area contributed by atoms with Crippen LogP contribution in [-0.2, 0) is 12.8 Å². The number of rotatable bonds is 9. The van der Waals surface area contributed by atoms with Crippen LogP contribution in [0.1, 0.15) is 34.5 Å². The molecule has 0 fully saturated rings. The molecule has 7 heteroatoms. The maximum atomic E-state index is 13.1.